The van der Waals surface area contributed by atoms with Gasteiger partial charge < -0.3 is 4.74 Å². The molecule has 0 aliphatic carbocycles. The zero-order valence-corrected chi connectivity index (χ0v) is 13.3. The summed E-state index contributed by atoms with van der Waals surface area (Å²) in [5.74, 6) is -0.142. The maximum atomic E-state index is 12.7. The second kappa shape index (κ2) is 6.91. The maximum absolute atomic E-state index is 12.7. The van der Waals surface area contributed by atoms with Gasteiger partial charge >= 0.3 is 0 Å². The van der Waals surface area contributed by atoms with Crippen molar-refractivity contribution in [3.05, 3.63) is 58.8 Å². The number of ether oxygens (including phenoxy) is 1. The SMILES string of the molecule is O=S(=O)(CCOc1ccc(F)cc1)Nc1cccc(Br)c1. The monoisotopic (exact) mass is 373 g/mol. The second-order valence-electron chi connectivity index (χ2n) is 4.23. The molecule has 2 rings (SSSR count). The van der Waals surface area contributed by atoms with Gasteiger partial charge in [-0.15, -0.1) is 0 Å². The Balaban J connectivity index is 1.88. The molecule has 0 atom stereocenters. The quantitative estimate of drug-likeness (QED) is 0.843. The fourth-order valence-corrected chi connectivity index (χ4v) is 2.87. The van der Waals surface area contributed by atoms with Gasteiger partial charge in [0.15, 0.2) is 0 Å². The zero-order valence-electron chi connectivity index (χ0n) is 10.9. The number of nitrogens with one attached hydrogen (secondary N) is 1. The summed E-state index contributed by atoms with van der Waals surface area (Å²) in [6, 6.07) is 12.3. The Morgan fingerprint density at radius 3 is 2.52 bits per heavy atom. The highest BCUT2D eigenvalue weighted by molar-refractivity contribution is 9.10. The first-order valence-electron chi connectivity index (χ1n) is 6.09. The topological polar surface area (TPSA) is 55.4 Å². The first-order chi connectivity index (χ1) is 9.94. The molecule has 0 radical (unpaired) electrons. The molecule has 0 aliphatic heterocycles. The summed E-state index contributed by atoms with van der Waals surface area (Å²) in [5, 5.41) is 0. The molecule has 0 spiro atoms. The van der Waals surface area contributed by atoms with Gasteiger partial charge in [-0.3, -0.25) is 4.72 Å². The van der Waals surface area contributed by atoms with Gasteiger partial charge in [0.25, 0.3) is 0 Å². The Kier molecular flexibility index (Phi) is 5.19. The van der Waals surface area contributed by atoms with E-state index >= 15 is 0 Å². The molecule has 4 nitrogen and oxygen atoms in total. The van der Waals surface area contributed by atoms with Gasteiger partial charge in [-0.2, -0.15) is 0 Å². The highest BCUT2D eigenvalue weighted by atomic mass is 79.9. The average Bonchev–Trinajstić information content (AvgIpc) is 2.40. The third-order valence-electron chi connectivity index (χ3n) is 2.53. The van der Waals surface area contributed by atoms with Crippen molar-refractivity contribution in [3.63, 3.8) is 0 Å². The summed E-state index contributed by atoms with van der Waals surface area (Å²) >= 11 is 3.27. The standard InChI is InChI=1S/C14H13BrFNO3S/c15-11-2-1-3-13(10-11)17-21(18,19)9-8-20-14-6-4-12(16)5-7-14/h1-7,10,17H,8-9H2. The van der Waals surface area contributed by atoms with Gasteiger partial charge in [0.05, 0.1) is 0 Å². The van der Waals surface area contributed by atoms with Crippen molar-refractivity contribution in [2.45, 2.75) is 0 Å². The van der Waals surface area contributed by atoms with Gasteiger partial charge in [0.1, 0.15) is 23.9 Å². The van der Waals surface area contributed by atoms with Crippen LogP contribution in [0.3, 0.4) is 0 Å². The molecule has 0 aliphatic rings. The minimum absolute atomic E-state index is 0.0189. The van der Waals surface area contributed by atoms with E-state index < -0.39 is 10.0 Å². The molecule has 2 aromatic carbocycles. The van der Waals surface area contributed by atoms with Crippen LogP contribution in [0.4, 0.5) is 10.1 Å². The first kappa shape index (κ1) is 15.8. The van der Waals surface area contributed by atoms with Crippen molar-refractivity contribution < 1.29 is 17.5 Å². The molecule has 0 unspecified atom stereocenters. The Bertz CT molecular complexity index is 704. The third-order valence-corrected chi connectivity index (χ3v) is 4.28. The summed E-state index contributed by atoms with van der Waals surface area (Å²) in [6.07, 6.45) is 0. The number of sulfonamides is 1. The Morgan fingerprint density at radius 1 is 1.14 bits per heavy atom. The van der Waals surface area contributed by atoms with E-state index in [2.05, 4.69) is 20.7 Å². The van der Waals surface area contributed by atoms with Gasteiger partial charge in [-0.25, -0.2) is 12.8 Å². The molecule has 0 amide bonds. The lowest BCUT2D eigenvalue weighted by atomic mass is 10.3. The highest BCUT2D eigenvalue weighted by Gasteiger charge is 2.11. The Labute approximate surface area is 131 Å². The van der Waals surface area contributed by atoms with Crippen LogP contribution in [0.1, 0.15) is 0 Å². The molecule has 0 fully saturated rings. The van der Waals surface area contributed by atoms with Crippen LogP contribution in [0, 0.1) is 5.82 Å². The van der Waals surface area contributed by atoms with Gasteiger partial charge in [0, 0.05) is 10.2 Å². The van der Waals surface area contributed by atoms with E-state index in [9.17, 15) is 12.8 Å². The summed E-state index contributed by atoms with van der Waals surface area (Å²) in [5.41, 5.74) is 0.478. The molecule has 112 valence electrons. The van der Waals surface area contributed by atoms with E-state index in [1.807, 2.05) is 0 Å². The van der Waals surface area contributed by atoms with Crippen LogP contribution in [0.25, 0.3) is 0 Å². The van der Waals surface area contributed by atoms with E-state index in [-0.39, 0.29) is 18.2 Å². The van der Waals surface area contributed by atoms with Crippen molar-refractivity contribution in [2.24, 2.45) is 0 Å². The Hall–Kier alpha value is -1.60. The molecule has 0 saturated heterocycles. The number of benzene rings is 2. The third kappa shape index (κ3) is 5.35. The maximum Gasteiger partial charge on any atom is 0.236 e. The number of hydrogen-bond acceptors (Lipinski definition) is 3. The fraction of sp³-hybridized carbons (Fsp3) is 0.143. The van der Waals surface area contributed by atoms with Crippen molar-refractivity contribution >= 4 is 31.6 Å². The summed E-state index contributed by atoms with van der Waals surface area (Å²) in [6.45, 7) is -0.0189. The largest absolute Gasteiger partial charge is 0.492 e. The van der Waals surface area contributed by atoms with Crippen LogP contribution in [0.2, 0.25) is 0 Å². The lowest BCUT2D eigenvalue weighted by Crippen LogP contribution is -2.21. The summed E-state index contributed by atoms with van der Waals surface area (Å²) in [4.78, 5) is 0. The van der Waals surface area contributed by atoms with Crippen molar-refractivity contribution in [2.75, 3.05) is 17.1 Å². The van der Waals surface area contributed by atoms with Crippen molar-refractivity contribution in [1.29, 1.82) is 0 Å². The molecule has 2 aromatic rings. The van der Waals surface area contributed by atoms with Crippen LogP contribution in [-0.4, -0.2) is 20.8 Å². The molecule has 0 heterocycles. The second-order valence-corrected chi connectivity index (χ2v) is 6.99. The van der Waals surface area contributed by atoms with Crippen LogP contribution >= 0.6 is 15.9 Å². The highest BCUT2D eigenvalue weighted by Crippen LogP contribution is 2.17. The molecule has 0 saturated carbocycles. The number of halogens is 2. The number of rotatable bonds is 6. The predicted octanol–water partition coefficient (Wildman–Crippen LogP) is 3.41. The van der Waals surface area contributed by atoms with Gasteiger partial charge in [-0.05, 0) is 42.5 Å². The van der Waals surface area contributed by atoms with E-state index in [4.69, 9.17) is 4.74 Å². The normalized spacial score (nSPS) is 11.1. The molecule has 1 N–H and O–H groups in total. The average molecular weight is 374 g/mol. The molecule has 7 heteroatoms. The predicted molar refractivity (Wildman–Crippen MR) is 83.4 cm³/mol. The lowest BCUT2D eigenvalue weighted by molar-refractivity contribution is 0.340. The van der Waals surface area contributed by atoms with E-state index in [0.29, 0.717) is 11.4 Å². The van der Waals surface area contributed by atoms with Gasteiger partial charge in [0.2, 0.25) is 10.0 Å². The fourth-order valence-electron chi connectivity index (χ4n) is 1.58. The zero-order chi connectivity index (χ0) is 15.3. The lowest BCUT2D eigenvalue weighted by Gasteiger charge is -2.09. The number of anilines is 1. The van der Waals surface area contributed by atoms with Gasteiger partial charge in [-0.1, -0.05) is 22.0 Å². The van der Waals surface area contributed by atoms with Crippen molar-refractivity contribution in [1.82, 2.24) is 0 Å². The number of hydrogen-bond donors (Lipinski definition) is 1. The van der Waals surface area contributed by atoms with E-state index in [0.717, 1.165) is 4.47 Å². The summed E-state index contributed by atoms with van der Waals surface area (Å²) in [7, 11) is -3.50. The minimum atomic E-state index is -3.50. The van der Waals surface area contributed by atoms with E-state index in [1.165, 1.54) is 24.3 Å². The van der Waals surface area contributed by atoms with Crippen LogP contribution < -0.4 is 9.46 Å². The van der Waals surface area contributed by atoms with E-state index in [1.54, 1.807) is 24.3 Å². The minimum Gasteiger partial charge on any atom is -0.492 e. The van der Waals surface area contributed by atoms with Crippen LogP contribution in [-0.2, 0) is 10.0 Å². The van der Waals surface area contributed by atoms with Crippen LogP contribution in [0.5, 0.6) is 5.75 Å². The summed E-state index contributed by atoms with van der Waals surface area (Å²) < 4.78 is 45.0. The molecule has 0 aromatic heterocycles. The Morgan fingerprint density at radius 2 is 1.86 bits per heavy atom. The molecule has 21 heavy (non-hydrogen) atoms. The molecular formula is C14H13BrFNO3S. The van der Waals surface area contributed by atoms with Crippen LogP contribution in [0.15, 0.2) is 53.0 Å². The van der Waals surface area contributed by atoms with Crippen molar-refractivity contribution in [3.8, 4) is 5.75 Å². The molecular weight excluding hydrogens is 361 g/mol. The first-order valence-corrected chi connectivity index (χ1v) is 8.53. The smallest absolute Gasteiger partial charge is 0.236 e. The molecule has 0 bridgehead atoms.